The maximum absolute atomic E-state index is 4.45. The molecule has 0 aromatic heterocycles. The summed E-state index contributed by atoms with van der Waals surface area (Å²) in [5, 5.41) is 7.16. The zero-order chi connectivity index (χ0) is 20.6. The lowest BCUT2D eigenvalue weighted by Gasteiger charge is -2.33. The first-order valence-electron chi connectivity index (χ1n) is 11.3. The van der Waals surface area contributed by atoms with Crippen LogP contribution in [0.1, 0.15) is 29.5 Å². The molecule has 4 rings (SSSR count). The van der Waals surface area contributed by atoms with Crippen LogP contribution in [0.15, 0.2) is 59.6 Å². The third kappa shape index (κ3) is 5.83. The highest BCUT2D eigenvalue weighted by Crippen LogP contribution is 2.18. The van der Waals surface area contributed by atoms with Crippen LogP contribution in [0, 0.1) is 0 Å². The van der Waals surface area contributed by atoms with E-state index in [0.717, 1.165) is 71.0 Å². The number of piperidine rings is 1. The summed E-state index contributed by atoms with van der Waals surface area (Å²) in [6.45, 7) is 7.50. The van der Waals surface area contributed by atoms with Crippen LogP contribution >= 0.6 is 0 Å². The van der Waals surface area contributed by atoms with Crippen LogP contribution in [0.25, 0.3) is 0 Å². The summed E-state index contributed by atoms with van der Waals surface area (Å²) in [6.07, 6.45) is 3.48. The molecule has 5 heteroatoms. The van der Waals surface area contributed by atoms with E-state index in [-0.39, 0.29) is 0 Å². The van der Waals surface area contributed by atoms with Gasteiger partial charge in [0, 0.05) is 58.9 Å². The highest BCUT2D eigenvalue weighted by atomic mass is 15.2. The molecule has 0 bridgehead atoms. The largest absolute Gasteiger partial charge is 0.355 e. The first kappa shape index (κ1) is 20.9. The van der Waals surface area contributed by atoms with Gasteiger partial charge in [-0.1, -0.05) is 54.6 Å². The second-order valence-electron chi connectivity index (χ2n) is 8.47. The van der Waals surface area contributed by atoms with Crippen molar-refractivity contribution in [2.24, 2.45) is 4.99 Å². The van der Waals surface area contributed by atoms with E-state index in [1.54, 1.807) is 0 Å². The van der Waals surface area contributed by atoms with Crippen molar-refractivity contribution in [1.82, 2.24) is 20.4 Å². The molecular weight excluding hydrogens is 370 g/mol. The molecule has 0 spiro atoms. The van der Waals surface area contributed by atoms with Crippen LogP contribution in [-0.2, 0) is 19.5 Å². The normalized spacial score (nSPS) is 18.8. The molecule has 5 nitrogen and oxygen atoms in total. The first-order chi connectivity index (χ1) is 14.8. The fraction of sp³-hybridized carbons (Fsp3) is 0.480. The molecule has 0 unspecified atom stereocenters. The van der Waals surface area contributed by atoms with Crippen molar-refractivity contribution in [2.45, 2.75) is 38.4 Å². The summed E-state index contributed by atoms with van der Waals surface area (Å²) in [4.78, 5) is 9.54. The van der Waals surface area contributed by atoms with E-state index in [1.165, 1.54) is 16.7 Å². The fourth-order valence-corrected chi connectivity index (χ4v) is 4.54. The predicted molar refractivity (Wildman–Crippen MR) is 125 cm³/mol. The zero-order valence-corrected chi connectivity index (χ0v) is 18.2. The van der Waals surface area contributed by atoms with Gasteiger partial charge in [0.1, 0.15) is 0 Å². The minimum Gasteiger partial charge on any atom is -0.355 e. The van der Waals surface area contributed by atoms with Gasteiger partial charge in [0.2, 0.25) is 0 Å². The Morgan fingerprint density at radius 3 is 2.43 bits per heavy atom. The molecule has 2 aliphatic heterocycles. The molecule has 2 heterocycles. The summed E-state index contributed by atoms with van der Waals surface area (Å²) < 4.78 is 0. The summed E-state index contributed by atoms with van der Waals surface area (Å²) in [7, 11) is 1.87. The van der Waals surface area contributed by atoms with Crippen LogP contribution < -0.4 is 10.6 Å². The van der Waals surface area contributed by atoms with Crippen LogP contribution in [0.5, 0.6) is 0 Å². The summed E-state index contributed by atoms with van der Waals surface area (Å²) in [6, 6.07) is 20.1. The van der Waals surface area contributed by atoms with Crippen molar-refractivity contribution in [2.75, 3.05) is 39.8 Å². The van der Waals surface area contributed by atoms with Gasteiger partial charge in [0.05, 0.1) is 0 Å². The first-order valence-corrected chi connectivity index (χ1v) is 11.3. The molecule has 1 saturated heterocycles. The van der Waals surface area contributed by atoms with E-state index in [0.29, 0.717) is 6.04 Å². The minimum atomic E-state index is 0.505. The topological polar surface area (TPSA) is 42.9 Å². The Kier molecular flexibility index (Phi) is 7.38. The van der Waals surface area contributed by atoms with Crippen LogP contribution in [-0.4, -0.2) is 61.6 Å². The molecular formula is C25H35N5. The van der Waals surface area contributed by atoms with Crippen molar-refractivity contribution in [3.05, 3.63) is 71.3 Å². The lowest BCUT2D eigenvalue weighted by molar-refractivity contribution is 0.198. The zero-order valence-electron chi connectivity index (χ0n) is 18.2. The van der Waals surface area contributed by atoms with Crippen molar-refractivity contribution in [3.63, 3.8) is 0 Å². The van der Waals surface area contributed by atoms with E-state index in [9.17, 15) is 0 Å². The van der Waals surface area contributed by atoms with Gasteiger partial charge in [-0.25, -0.2) is 0 Å². The maximum Gasteiger partial charge on any atom is 0.191 e. The van der Waals surface area contributed by atoms with Crippen molar-refractivity contribution in [1.29, 1.82) is 0 Å². The predicted octanol–water partition coefficient (Wildman–Crippen LogP) is 2.87. The second kappa shape index (κ2) is 10.6. The van der Waals surface area contributed by atoms with Gasteiger partial charge in [-0.3, -0.25) is 14.8 Å². The van der Waals surface area contributed by atoms with E-state index in [4.69, 9.17) is 0 Å². The van der Waals surface area contributed by atoms with E-state index in [1.807, 2.05) is 7.05 Å². The van der Waals surface area contributed by atoms with Gasteiger partial charge >= 0.3 is 0 Å². The third-order valence-electron chi connectivity index (χ3n) is 6.33. The lowest BCUT2D eigenvalue weighted by Crippen LogP contribution is -2.49. The smallest absolute Gasteiger partial charge is 0.191 e. The Morgan fingerprint density at radius 1 is 0.933 bits per heavy atom. The molecule has 2 aliphatic rings. The second-order valence-corrected chi connectivity index (χ2v) is 8.47. The summed E-state index contributed by atoms with van der Waals surface area (Å²) >= 11 is 0. The molecule has 160 valence electrons. The highest BCUT2D eigenvalue weighted by Gasteiger charge is 2.20. The summed E-state index contributed by atoms with van der Waals surface area (Å²) in [5.74, 6) is 0.939. The molecule has 30 heavy (non-hydrogen) atoms. The maximum atomic E-state index is 4.45. The summed E-state index contributed by atoms with van der Waals surface area (Å²) in [5.41, 5.74) is 4.40. The van der Waals surface area contributed by atoms with Crippen LogP contribution in [0.2, 0.25) is 0 Å². The molecule has 0 aliphatic carbocycles. The van der Waals surface area contributed by atoms with Crippen molar-refractivity contribution in [3.8, 4) is 0 Å². The third-order valence-corrected chi connectivity index (χ3v) is 6.33. The molecule has 2 aromatic carbocycles. The van der Waals surface area contributed by atoms with E-state index >= 15 is 0 Å². The molecule has 2 N–H and O–H groups in total. The number of hydrogen-bond acceptors (Lipinski definition) is 3. The van der Waals surface area contributed by atoms with Gasteiger partial charge in [-0.15, -0.1) is 0 Å². The Hall–Kier alpha value is -2.37. The van der Waals surface area contributed by atoms with Crippen molar-refractivity contribution < 1.29 is 0 Å². The molecule has 0 atom stereocenters. The quantitative estimate of drug-likeness (QED) is 0.573. The lowest BCUT2D eigenvalue weighted by atomic mass is 10.00. The van der Waals surface area contributed by atoms with E-state index < -0.39 is 0 Å². The Bertz CT molecular complexity index is 811. The Balaban J connectivity index is 1.15. The van der Waals surface area contributed by atoms with Crippen LogP contribution in [0.3, 0.4) is 0 Å². The highest BCUT2D eigenvalue weighted by molar-refractivity contribution is 5.79. The van der Waals surface area contributed by atoms with Crippen LogP contribution in [0.4, 0.5) is 0 Å². The number of nitrogens with zero attached hydrogens (tertiary/aromatic N) is 3. The monoisotopic (exact) mass is 405 g/mol. The van der Waals surface area contributed by atoms with Gasteiger partial charge in [0.25, 0.3) is 0 Å². The number of benzene rings is 2. The average Bonchev–Trinajstić information content (AvgIpc) is 2.80. The number of aliphatic imine (C=N–C) groups is 1. The SMILES string of the molecule is CN=C(NCCN1CCc2ccccc2C1)NC1CCN(Cc2ccccc2)CC1. The molecule has 0 radical (unpaired) electrons. The van der Waals surface area contributed by atoms with E-state index in [2.05, 4.69) is 80.0 Å². The van der Waals surface area contributed by atoms with Gasteiger partial charge in [0.15, 0.2) is 5.96 Å². The number of fused-ring (bicyclic) bond motifs is 1. The standard InChI is InChI=1S/C25H35N5/c1-26-25(27-14-18-30-15-11-22-9-5-6-10-23(22)20-30)28-24-12-16-29(17-13-24)19-21-7-3-2-4-8-21/h2-10,24H,11-20H2,1H3,(H2,26,27,28). The molecule has 2 aromatic rings. The van der Waals surface area contributed by atoms with Gasteiger partial charge < -0.3 is 10.6 Å². The number of hydrogen-bond donors (Lipinski definition) is 2. The fourth-order valence-electron chi connectivity index (χ4n) is 4.54. The average molecular weight is 406 g/mol. The number of guanidine groups is 1. The molecule has 0 saturated carbocycles. The molecule has 0 amide bonds. The number of rotatable bonds is 6. The molecule has 1 fully saturated rings. The van der Waals surface area contributed by atoms with Gasteiger partial charge in [-0.05, 0) is 36.0 Å². The minimum absolute atomic E-state index is 0.505. The Morgan fingerprint density at radius 2 is 1.67 bits per heavy atom. The Labute approximate surface area is 181 Å². The number of nitrogens with one attached hydrogen (secondary N) is 2. The van der Waals surface area contributed by atoms with Crippen molar-refractivity contribution >= 4 is 5.96 Å². The van der Waals surface area contributed by atoms with Gasteiger partial charge in [-0.2, -0.15) is 0 Å². The number of likely N-dealkylation sites (tertiary alicyclic amines) is 1.